The number of nitrogens with zero attached hydrogens (tertiary/aromatic N) is 1. The molecular formula is C19H22N2OS. The maximum Gasteiger partial charge on any atom is 0.224 e. The van der Waals surface area contributed by atoms with Crippen molar-refractivity contribution in [3.05, 3.63) is 34.7 Å². The van der Waals surface area contributed by atoms with E-state index in [1.807, 2.05) is 31.2 Å². The lowest BCUT2D eigenvalue weighted by Gasteiger charge is -2.20. The molecule has 2 aliphatic rings. The van der Waals surface area contributed by atoms with Gasteiger partial charge in [0.2, 0.25) is 5.91 Å². The van der Waals surface area contributed by atoms with Crippen molar-refractivity contribution < 1.29 is 4.79 Å². The molecule has 1 N–H and O–H groups in total. The summed E-state index contributed by atoms with van der Waals surface area (Å²) < 4.78 is 0. The van der Waals surface area contributed by atoms with Crippen LogP contribution in [0.5, 0.6) is 0 Å². The maximum absolute atomic E-state index is 12.3. The monoisotopic (exact) mass is 326 g/mol. The van der Waals surface area contributed by atoms with Crippen LogP contribution in [-0.4, -0.2) is 10.9 Å². The molecule has 2 bridgehead atoms. The number of hydrogen-bond donors (Lipinski definition) is 1. The average molecular weight is 326 g/mol. The zero-order chi connectivity index (χ0) is 15.8. The van der Waals surface area contributed by atoms with Crippen LogP contribution in [0.3, 0.4) is 0 Å². The highest BCUT2D eigenvalue weighted by Gasteiger charge is 2.40. The van der Waals surface area contributed by atoms with E-state index in [9.17, 15) is 4.79 Å². The predicted octanol–water partition coefficient (Wildman–Crippen LogP) is 4.88. The molecule has 3 unspecified atom stereocenters. The lowest BCUT2D eigenvalue weighted by Crippen LogP contribution is -2.20. The van der Waals surface area contributed by atoms with E-state index >= 15 is 0 Å². The summed E-state index contributed by atoms with van der Waals surface area (Å²) in [7, 11) is 0. The van der Waals surface area contributed by atoms with Gasteiger partial charge in [0.25, 0.3) is 0 Å². The molecule has 0 aliphatic heterocycles. The number of carbonyl (C=O) groups is 1. The minimum absolute atomic E-state index is 0.166. The van der Waals surface area contributed by atoms with Crippen LogP contribution in [0.15, 0.2) is 29.6 Å². The zero-order valence-corrected chi connectivity index (χ0v) is 14.2. The average Bonchev–Trinajstić information content (AvgIpc) is 3.25. The Labute approximate surface area is 141 Å². The van der Waals surface area contributed by atoms with Gasteiger partial charge in [0, 0.05) is 23.1 Å². The summed E-state index contributed by atoms with van der Waals surface area (Å²) in [5, 5.41) is 6.20. The number of nitrogens with one attached hydrogen (secondary N) is 1. The third-order valence-corrected chi connectivity index (χ3v) is 6.19. The zero-order valence-electron chi connectivity index (χ0n) is 13.4. The topological polar surface area (TPSA) is 42.0 Å². The van der Waals surface area contributed by atoms with Crippen molar-refractivity contribution in [1.82, 2.24) is 4.98 Å². The van der Waals surface area contributed by atoms with E-state index in [1.54, 1.807) is 11.3 Å². The number of rotatable bonds is 4. The molecule has 2 aliphatic carbocycles. The smallest absolute Gasteiger partial charge is 0.224 e. The normalized spacial score (nSPS) is 25.7. The molecule has 1 heterocycles. The first-order valence-electron chi connectivity index (χ1n) is 8.50. The van der Waals surface area contributed by atoms with Gasteiger partial charge < -0.3 is 5.32 Å². The number of amides is 1. The van der Waals surface area contributed by atoms with Crippen LogP contribution in [0, 0.1) is 24.7 Å². The number of anilines is 1. The first-order valence-corrected chi connectivity index (χ1v) is 9.38. The molecule has 4 rings (SSSR count). The summed E-state index contributed by atoms with van der Waals surface area (Å²) in [4.78, 5) is 16.8. The van der Waals surface area contributed by atoms with E-state index in [1.165, 1.54) is 25.7 Å². The molecule has 0 saturated heterocycles. The summed E-state index contributed by atoms with van der Waals surface area (Å²) in [6.45, 7) is 2.01. The summed E-state index contributed by atoms with van der Waals surface area (Å²) in [5.41, 5.74) is 2.99. The van der Waals surface area contributed by atoms with Crippen molar-refractivity contribution in [3.8, 4) is 11.3 Å². The Bertz CT molecular complexity index is 706. The molecule has 2 saturated carbocycles. The SMILES string of the molecule is Cc1nc(-c2ccc(NC(=O)CC3CC4CCC3C4)cc2)cs1. The molecule has 2 fully saturated rings. The third-order valence-electron chi connectivity index (χ3n) is 5.42. The van der Waals surface area contributed by atoms with Gasteiger partial charge in [0.1, 0.15) is 0 Å². The van der Waals surface area contributed by atoms with Gasteiger partial charge in [-0.05, 0) is 56.1 Å². The van der Waals surface area contributed by atoms with Crippen molar-refractivity contribution in [2.24, 2.45) is 17.8 Å². The molecule has 3 nitrogen and oxygen atoms in total. The first kappa shape index (κ1) is 14.9. The summed E-state index contributed by atoms with van der Waals surface area (Å²) >= 11 is 1.66. The predicted molar refractivity (Wildman–Crippen MR) is 94.5 cm³/mol. The fourth-order valence-electron chi connectivity index (χ4n) is 4.30. The number of carbonyl (C=O) groups excluding carboxylic acids is 1. The molecule has 23 heavy (non-hydrogen) atoms. The van der Waals surface area contributed by atoms with Gasteiger partial charge in [-0.3, -0.25) is 4.79 Å². The number of benzene rings is 1. The molecule has 120 valence electrons. The number of aryl methyl sites for hydroxylation is 1. The Kier molecular flexibility index (Phi) is 3.93. The van der Waals surface area contributed by atoms with Gasteiger partial charge in [0.15, 0.2) is 0 Å². The van der Waals surface area contributed by atoms with Gasteiger partial charge >= 0.3 is 0 Å². The summed E-state index contributed by atoms with van der Waals surface area (Å²) in [5.74, 6) is 2.49. The Hall–Kier alpha value is -1.68. The summed E-state index contributed by atoms with van der Waals surface area (Å²) in [6, 6.07) is 8.01. The van der Waals surface area contributed by atoms with Crippen LogP contribution in [0.1, 0.15) is 37.1 Å². The van der Waals surface area contributed by atoms with Crippen LogP contribution in [0.4, 0.5) is 5.69 Å². The fourth-order valence-corrected chi connectivity index (χ4v) is 4.92. The Morgan fingerprint density at radius 2 is 2.09 bits per heavy atom. The molecule has 4 heteroatoms. The van der Waals surface area contributed by atoms with Crippen LogP contribution in [0.2, 0.25) is 0 Å². The van der Waals surface area contributed by atoms with E-state index < -0.39 is 0 Å². The number of aromatic nitrogens is 1. The quantitative estimate of drug-likeness (QED) is 0.869. The molecular weight excluding hydrogens is 304 g/mol. The molecule has 0 radical (unpaired) electrons. The van der Waals surface area contributed by atoms with Gasteiger partial charge in [-0.25, -0.2) is 4.98 Å². The van der Waals surface area contributed by atoms with Crippen molar-refractivity contribution in [1.29, 1.82) is 0 Å². The van der Waals surface area contributed by atoms with E-state index in [0.717, 1.165) is 33.8 Å². The third kappa shape index (κ3) is 3.18. The van der Waals surface area contributed by atoms with Crippen molar-refractivity contribution >= 4 is 22.9 Å². The van der Waals surface area contributed by atoms with Gasteiger partial charge in [-0.15, -0.1) is 11.3 Å². The van der Waals surface area contributed by atoms with Crippen molar-refractivity contribution in [3.63, 3.8) is 0 Å². The molecule has 2 aromatic rings. The highest BCUT2D eigenvalue weighted by molar-refractivity contribution is 7.09. The molecule has 3 atom stereocenters. The largest absolute Gasteiger partial charge is 0.326 e. The van der Waals surface area contributed by atoms with Gasteiger partial charge in [-0.2, -0.15) is 0 Å². The molecule has 0 spiro atoms. The van der Waals surface area contributed by atoms with Crippen LogP contribution in [0.25, 0.3) is 11.3 Å². The lowest BCUT2D eigenvalue weighted by molar-refractivity contribution is -0.117. The van der Waals surface area contributed by atoms with E-state index in [-0.39, 0.29) is 5.91 Å². The number of hydrogen-bond acceptors (Lipinski definition) is 3. The lowest BCUT2D eigenvalue weighted by atomic mass is 9.86. The van der Waals surface area contributed by atoms with Crippen molar-refractivity contribution in [2.45, 2.75) is 39.0 Å². The second-order valence-electron chi connectivity index (χ2n) is 7.02. The standard InChI is InChI=1S/C19H22N2OS/c1-12-20-18(11-23-12)14-4-6-17(7-5-14)21-19(22)10-16-9-13-2-3-15(16)8-13/h4-7,11,13,15-16H,2-3,8-10H2,1H3,(H,21,22). The van der Waals surface area contributed by atoms with Crippen LogP contribution in [-0.2, 0) is 4.79 Å². The molecule has 1 amide bonds. The molecule has 1 aromatic heterocycles. The van der Waals surface area contributed by atoms with Gasteiger partial charge in [0.05, 0.1) is 10.7 Å². The van der Waals surface area contributed by atoms with E-state index in [0.29, 0.717) is 12.3 Å². The van der Waals surface area contributed by atoms with Crippen LogP contribution >= 0.6 is 11.3 Å². The Balaban J connectivity index is 1.36. The van der Waals surface area contributed by atoms with Gasteiger partial charge in [-0.1, -0.05) is 18.6 Å². The fraction of sp³-hybridized carbons (Fsp3) is 0.474. The van der Waals surface area contributed by atoms with Crippen molar-refractivity contribution in [2.75, 3.05) is 5.32 Å². The maximum atomic E-state index is 12.3. The second-order valence-corrected chi connectivity index (χ2v) is 8.08. The highest BCUT2D eigenvalue weighted by atomic mass is 32.1. The minimum atomic E-state index is 0.166. The first-order chi connectivity index (χ1) is 11.2. The Morgan fingerprint density at radius 3 is 2.70 bits per heavy atom. The van der Waals surface area contributed by atoms with E-state index in [2.05, 4.69) is 15.7 Å². The minimum Gasteiger partial charge on any atom is -0.326 e. The Morgan fingerprint density at radius 1 is 1.26 bits per heavy atom. The number of fused-ring (bicyclic) bond motifs is 2. The summed E-state index contributed by atoms with van der Waals surface area (Å²) in [6.07, 6.45) is 6.04. The van der Waals surface area contributed by atoms with Crippen LogP contribution < -0.4 is 5.32 Å². The molecule has 1 aromatic carbocycles. The number of thiazole rings is 1. The second kappa shape index (κ2) is 6.08. The van der Waals surface area contributed by atoms with E-state index in [4.69, 9.17) is 0 Å². The highest BCUT2D eigenvalue weighted by Crippen LogP contribution is 2.49.